The zero-order valence-corrected chi connectivity index (χ0v) is 27.5. The Hall–Kier alpha value is -3.01. The van der Waals surface area contributed by atoms with Gasteiger partial charge in [-0.25, -0.2) is 19.2 Å². The third-order valence-corrected chi connectivity index (χ3v) is 13.2. The van der Waals surface area contributed by atoms with Crippen LogP contribution >= 0.6 is 7.51 Å². The highest BCUT2D eigenvalue weighted by atomic mass is 31.2. The maximum Gasteiger partial charge on any atom is 0.167 e. The summed E-state index contributed by atoms with van der Waals surface area (Å²) in [4.78, 5) is 0. The summed E-state index contributed by atoms with van der Waals surface area (Å²) in [6.07, 6.45) is 2.09. The molecule has 0 radical (unpaired) electrons. The van der Waals surface area contributed by atoms with Gasteiger partial charge in [-0.3, -0.25) is 0 Å². The molecule has 0 saturated carbocycles. The molecule has 6 rings (SSSR count). The molecule has 1 saturated heterocycles. The predicted octanol–water partition coefficient (Wildman–Crippen LogP) is 9.13. The molecule has 1 spiro atoms. The van der Waals surface area contributed by atoms with Gasteiger partial charge in [-0.2, -0.15) is 0 Å². The number of likely N-dealkylation sites (N-methyl/N-ethyl adjacent to an activating group) is 2. The van der Waals surface area contributed by atoms with Crippen LogP contribution in [0.5, 0.6) is 0 Å². The van der Waals surface area contributed by atoms with E-state index in [4.69, 9.17) is 4.74 Å². The van der Waals surface area contributed by atoms with Crippen molar-refractivity contribution in [2.75, 3.05) is 14.1 Å². The summed E-state index contributed by atoms with van der Waals surface area (Å²) in [5.74, 6) is 1.03. The molecule has 224 valence electrons. The van der Waals surface area contributed by atoms with Crippen molar-refractivity contribution in [3.8, 4) is 0 Å². The molecule has 1 fully saturated rings. The Bertz CT molecular complexity index is 1470. The maximum absolute atomic E-state index is 6.24. The molecule has 2 heterocycles. The van der Waals surface area contributed by atoms with E-state index >= 15 is 0 Å². The van der Waals surface area contributed by atoms with Crippen molar-refractivity contribution in [1.29, 1.82) is 0 Å². The molecule has 0 aromatic heterocycles. The van der Waals surface area contributed by atoms with Gasteiger partial charge in [0.1, 0.15) is 5.54 Å². The number of hydrogen-bond acceptors (Lipinski definition) is 4. The van der Waals surface area contributed by atoms with Gasteiger partial charge in [0.25, 0.3) is 0 Å². The van der Waals surface area contributed by atoms with E-state index in [0.717, 1.165) is 12.8 Å². The van der Waals surface area contributed by atoms with Crippen molar-refractivity contribution in [2.24, 2.45) is 16.6 Å². The van der Waals surface area contributed by atoms with E-state index < -0.39 is 18.6 Å². The third-order valence-electron chi connectivity index (χ3n) is 9.66. The van der Waals surface area contributed by atoms with Crippen molar-refractivity contribution >= 4 is 7.51 Å². The fourth-order valence-electron chi connectivity index (χ4n) is 7.76. The first-order valence-corrected chi connectivity index (χ1v) is 17.5. The van der Waals surface area contributed by atoms with Gasteiger partial charge in [0.15, 0.2) is 7.51 Å². The molecule has 0 bridgehead atoms. The van der Waals surface area contributed by atoms with Crippen LogP contribution in [0, 0.1) is 11.8 Å². The minimum Gasteiger partial charge on any atom is -0.244 e. The summed E-state index contributed by atoms with van der Waals surface area (Å²) in [5, 5.41) is 4.46. The van der Waals surface area contributed by atoms with E-state index in [2.05, 4.69) is 178 Å². The molecule has 3 unspecified atom stereocenters. The molecule has 2 aliphatic heterocycles. The second-order valence-corrected chi connectivity index (χ2v) is 16.1. The number of benzene rings is 4. The number of nitrogens with zero attached hydrogens (tertiary/aromatic N) is 3. The zero-order chi connectivity index (χ0) is 30.2. The number of nitrogens with one attached hydrogen (secondary N) is 1. The van der Waals surface area contributed by atoms with Crippen molar-refractivity contribution in [3.63, 3.8) is 0 Å². The first kappa shape index (κ1) is 30.0. The van der Waals surface area contributed by atoms with Crippen LogP contribution in [0.4, 0.5) is 0 Å². The van der Waals surface area contributed by atoms with E-state index in [1.54, 1.807) is 0 Å². The highest BCUT2D eigenvalue weighted by molar-refractivity contribution is 7.60. The fraction of sp³-hybridized carbons (Fsp3) is 0.368. The van der Waals surface area contributed by atoms with Crippen LogP contribution in [0.1, 0.15) is 62.8 Å². The molecule has 43 heavy (non-hydrogen) atoms. The quantitative estimate of drug-likeness (QED) is 0.208. The Kier molecular flexibility index (Phi) is 8.26. The molecule has 0 amide bonds. The SMILES string of the molecule is CC(C)CC1N(C)P2(=NC1(c1ccccc1)c1ccccc1)NC(c1ccccc1)(c1ccccc1)C(CC(C)C)N2C. The number of hydrogen-bond donors (Lipinski definition) is 1. The average Bonchev–Trinajstić information content (AvgIpc) is 3.43. The third kappa shape index (κ3) is 4.84. The summed E-state index contributed by atoms with van der Waals surface area (Å²) in [7, 11) is 2.23. The zero-order valence-electron chi connectivity index (χ0n) is 26.6. The second-order valence-electron chi connectivity index (χ2n) is 13.3. The van der Waals surface area contributed by atoms with Gasteiger partial charge < -0.3 is 0 Å². The van der Waals surface area contributed by atoms with Crippen LogP contribution in [-0.4, -0.2) is 35.5 Å². The highest BCUT2D eigenvalue weighted by Gasteiger charge is 2.64. The molecular formula is C38H47N4P. The molecule has 0 aliphatic carbocycles. The molecular weight excluding hydrogens is 543 g/mol. The Labute approximate surface area is 259 Å². The highest BCUT2D eigenvalue weighted by Crippen LogP contribution is 2.72. The Morgan fingerprint density at radius 1 is 0.581 bits per heavy atom. The topological polar surface area (TPSA) is 30.9 Å². The van der Waals surface area contributed by atoms with Crippen LogP contribution in [0.15, 0.2) is 126 Å². The largest absolute Gasteiger partial charge is 0.244 e. The number of rotatable bonds is 8. The van der Waals surface area contributed by atoms with Gasteiger partial charge >= 0.3 is 0 Å². The van der Waals surface area contributed by atoms with Crippen molar-refractivity contribution in [2.45, 2.75) is 63.7 Å². The van der Waals surface area contributed by atoms with Gasteiger partial charge in [-0.15, -0.1) is 0 Å². The standard InChI is InChI=1S/C38H47N4P/c1-29(2)27-35-37(31-19-11-7-12-20-31,32-21-13-8-14-22-32)39-43(41(35)5)40-38(33-23-15-9-16-24-33,34-25-17-10-18-26-34)36(42(43)6)28-30(3)4/h7-26,29-30,35-36,39H,27-28H2,1-6H3. The Balaban J connectivity index is 1.70. The van der Waals surface area contributed by atoms with E-state index in [1.807, 2.05) is 0 Å². The molecule has 3 atom stereocenters. The smallest absolute Gasteiger partial charge is 0.167 e. The first-order valence-electron chi connectivity index (χ1n) is 15.9. The van der Waals surface area contributed by atoms with Crippen LogP contribution in [0.25, 0.3) is 0 Å². The first-order chi connectivity index (χ1) is 20.8. The van der Waals surface area contributed by atoms with Gasteiger partial charge in [0.2, 0.25) is 0 Å². The lowest BCUT2D eigenvalue weighted by Crippen LogP contribution is -2.48. The minimum atomic E-state index is -2.47. The van der Waals surface area contributed by atoms with Crippen molar-refractivity contribution < 1.29 is 0 Å². The van der Waals surface area contributed by atoms with Crippen LogP contribution in [0.3, 0.4) is 0 Å². The van der Waals surface area contributed by atoms with Crippen LogP contribution in [-0.2, 0) is 11.1 Å². The Morgan fingerprint density at radius 2 is 0.930 bits per heavy atom. The summed E-state index contributed by atoms with van der Waals surface area (Å²) >= 11 is 0. The van der Waals surface area contributed by atoms with Crippen molar-refractivity contribution in [3.05, 3.63) is 144 Å². The predicted molar refractivity (Wildman–Crippen MR) is 182 cm³/mol. The van der Waals surface area contributed by atoms with Gasteiger partial charge in [-0.05, 0) is 61.0 Å². The Morgan fingerprint density at radius 3 is 1.33 bits per heavy atom. The summed E-state index contributed by atoms with van der Waals surface area (Å²) in [5.41, 5.74) is 4.21. The summed E-state index contributed by atoms with van der Waals surface area (Å²) in [6.45, 7) is 9.41. The van der Waals surface area contributed by atoms with E-state index in [-0.39, 0.29) is 12.1 Å². The van der Waals surface area contributed by atoms with Gasteiger partial charge in [0, 0.05) is 6.04 Å². The summed E-state index contributed by atoms with van der Waals surface area (Å²) in [6, 6.07) is 44.8. The lowest BCUT2D eigenvalue weighted by atomic mass is 9.75. The van der Waals surface area contributed by atoms with E-state index in [1.165, 1.54) is 22.3 Å². The normalized spacial score (nSPS) is 25.0. The molecule has 4 aromatic rings. The monoisotopic (exact) mass is 590 g/mol. The van der Waals surface area contributed by atoms with E-state index in [9.17, 15) is 0 Å². The molecule has 2 aliphatic rings. The van der Waals surface area contributed by atoms with Gasteiger partial charge in [-0.1, -0.05) is 149 Å². The fourth-order valence-corrected chi connectivity index (χ4v) is 11.8. The lowest BCUT2D eigenvalue weighted by Gasteiger charge is -2.39. The van der Waals surface area contributed by atoms with E-state index in [0.29, 0.717) is 11.8 Å². The summed E-state index contributed by atoms with van der Waals surface area (Å²) < 4.78 is 11.6. The lowest BCUT2D eigenvalue weighted by molar-refractivity contribution is 0.242. The van der Waals surface area contributed by atoms with Crippen molar-refractivity contribution in [1.82, 2.24) is 14.4 Å². The van der Waals surface area contributed by atoms with Gasteiger partial charge in [0.05, 0.1) is 11.6 Å². The maximum atomic E-state index is 6.24. The average molecular weight is 591 g/mol. The molecule has 1 N–H and O–H groups in total. The molecule has 5 heteroatoms. The second kappa shape index (κ2) is 11.8. The molecule has 4 aromatic carbocycles. The minimum absolute atomic E-state index is 0.183. The van der Waals surface area contributed by atoms with Crippen LogP contribution in [0.2, 0.25) is 0 Å². The molecule has 4 nitrogen and oxygen atoms in total. The van der Waals surface area contributed by atoms with Crippen LogP contribution < -0.4 is 5.09 Å².